The molecular formula is C14H12Cl2N2O2. The summed E-state index contributed by atoms with van der Waals surface area (Å²) in [5.41, 5.74) is 0.540. The fourth-order valence-corrected chi connectivity index (χ4v) is 1.75. The number of hydrogen-bond acceptors (Lipinski definition) is 2. The Morgan fingerprint density at radius 3 is 2.45 bits per heavy atom. The minimum atomic E-state index is -0.396. The van der Waals surface area contributed by atoms with Crippen molar-refractivity contribution in [3.63, 3.8) is 0 Å². The number of urea groups is 1. The molecule has 2 rings (SSSR count). The molecule has 2 aromatic carbocycles. The second-order valence-electron chi connectivity index (χ2n) is 3.85. The Bertz CT molecular complexity index is 588. The van der Waals surface area contributed by atoms with E-state index in [1.807, 2.05) is 0 Å². The maximum atomic E-state index is 11.6. The maximum Gasteiger partial charge on any atom is 0.321 e. The van der Waals surface area contributed by atoms with Crippen molar-refractivity contribution in [1.82, 2.24) is 5.32 Å². The van der Waals surface area contributed by atoms with Gasteiger partial charge in [-0.05, 0) is 36.4 Å². The first-order chi connectivity index (χ1) is 9.65. The van der Waals surface area contributed by atoms with Gasteiger partial charge in [0.1, 0.15) is 5.75 Å². The van der Waals surface area contributed by atoms with Gasteiger partial charge in [-0.3, -0.25) is 0 Å². The van der Waals surface area contributed by atoms with Crippen LogP contribution in [0.1, 0.15) is 0 Å². The van der Waals surface area contributed by atoms with Gasteiger partial charge in [0.15, 0.2) is 6.73 Å². The van der Waals surface area contributed by atoms with Crippen LogP contribution in [0.5, 0.6) is 5.75 Å². The van der Waals surface area contributed by atoms with Crippen molar-refractivity contribution >= 4 is 34.9 Å². The average molecular weight is 311 g/mol. The monoisotopic (exact) mass is 310 g/mol. The van der Waals surface area contributed by atoms with E-state index in [0.717, 1.165) is 0 Å². The highest BCUT2D eigenvalue weighted by molar-refractivity contribution is 6.33. The molecule has 0 saturated heterocycles. The Balaban J connectivity index is 1.78. The Morgan fingerprint density at radius 1 is 1.05 bits per heavy atom. The number of hydrogen-bond donors (Lipinski definition) is 2. The lowest BCUT2D eigenvalue weighted by molar-refractivity contribution is 0.234. The highest BCUT2D eigenvalue weighted by Crippen LogP contribution is 2.20. The van der Waals surface area contributed by atoms with Crippen LogP contribution < -0.4 is 15.4 Å². The summed E-state index contributed by atoms with van der Waals surface area (Å²) in [6, 6.07) is 13.4. The van der Waals surface area contributed by atoms with Gasteiger partial charge in [0.2, 0.25) is 0 Å². The number of anilines is 1. The summed E-state index contributed by atoms with van der Waals surface area (Å²) in [4.78, 5) is 11.6. The first-order valence-electron chi connectivity index (χ1n) is 5.83. The van der Waals surface area contributed by atoms with Gasteiger partial charge in [-0.1, -0.05) is 35.3 Å². The molecule has 0 heterocycles. The van der Waals surface area contributed by atoms with Gasteiger partial charge in [-0.2, -0.15) is 0 Å². The molecule has 0 radical (unpaired) electrons. The molecule has 0 saturated carbocycles. The molecule has 0 aromatic heterocycles. The van der Waals surface area contributed by atoms with E-state index in [0.29, 0.717) is 21.5 Å². The highest BCUT2D eigenvalue weighted by atomic mass is 35.5. The molecule has 0 aliphatic heterocycles. The normalized spacial score (nSPS) is 9.90. The standard InChI is InChI=1S/C14H12Cl2N2O2/c15-10-5-7-11(8-6-10)20-9-17-14(19)18-13-4-2-1-3-12(13)16/h1-8H,9H2,(H2,17,18,19). The largest absolute Gasteiger partial charge is 0.473 e. The van der Waals surface area contributed by atoms with Crippen molar-refractivity contribution in [2.75, 3.05) is 12.0 Å². The lowest BCUT2D eigenvalue weighted by atomic mass is 10.3. The third-order valence-electron chi connectivity index (χ3n) is 2.41. The summed E-state index contributed by atoms with van der Waals surface area (Å²) in [6.45, 7) is 0.0396. The molecule has 0 unspecified atom stereocenters. The van der Waals surface area contributed by atoms with Crippen LogP contribution in [0.4, 0.5) is 10.5 Å². The fraction of sp³-hybridized carbons (Fsp3) is 0.0714. The molecule has 2 aromatic rings. The molecule has 104 valence electrons. The minimum Gasteiger partial charge on any atom is -0.473 e. The smallest absolute Gasteiger partial charge is 0.321 e. The predicted molar refractivity (Wildman–Crippen MR) is 80.6 cm³/mol. The summed E-state index contributed by atoms with van der Waals surface area (Å²) < 4.78 is 5.34. The summed E-state index contributed by atoms with van der Waals surface area (Å²) in [5.74, 6) is 0.618. The van der Waals surface area contributed by atoms with E-state index in [-0.39, 0.29) is 6.73 Å². The van der Waals surface area contributed by atoms with Crippen LogP contribution in [0.2, 0.25) is 10.0 Å². The van der Waals surface area contributed by atoms with Crippen molar-refractivity contribution in [2.45, 2.75) is 0 Å². The average Bonchev–Trinajstić information content (AvgIpc) is 2.44. The minimum absolute atomic E-state index is 0.0396. The van der Waals surface area contributed by atoms with Crippen LogP contribution >= 0.6 is 23.2 Å². The summed E-state index contributed by atoms with van der Waals surface area (Å²) >= 11 is 11.7. The Morgan fingerprint density at radius 2 is 1.75 bits per heavy atom. The van der Waals surface area contributed by atoms with Crippen molar-refractivity contribution < 1.29 is 9.53 Å². The molecule has 0 atom stereocenters. The van der Waals surface area contributed by atoms with Crippen molar-refractivity contribution in [3.05, 3.63) is 58.6 Å². The van der Waals surface area contributed by atoms with Crippen molar-refractivity contribution in [1.29, 1.82) is 0 Å². The predicted octanol–water partition coefficient (Wildman–Crippen LogP) is 4.15. The van der Waals surface area contributed by atoms with Crippen LogP contribution in [-0.2, 0) is 0 Å². The fourth-order valence-electron chi connectivity index (χ4n) is 1.44. The Labute approximate surface area is 126 Å². The molecule has 4 nitrogen and oxygen atoms in total. The molecule has 0 aliphatic carbocycles. The summed E-state index contributed by atoms with van der Waals surface area (Å²) in [5, 5.41) is 6.28. The second kappa shape index (κ2) is 7.03. The zero-order chi connectivity index (χ0) is 14.4. The maximum absolute atomic E-state index is 11.6. The summed E-state index contributed by atoms with van der Waals surface area (Å²) in [6.07, 6.45) is 0. The van der Waals surface area contributed by atoms with E-state index < -0.39 is 6.03 Å². The first-order valence-corrected chi connectivity index (χ1v) is 6.58. The zero-order valence-corrected chi connectivity index (χ0v) is 11.9. The molecule has 0 fully saturated rings. The number of amides is 2. The van der Waals surface area contributed by atoms with Gasteiger partial charge in [0.25, 0.3) is 0 Å². The number of benzene rings is 2. The van der Waals surface area contributed by atoms with Gasteiger partial charge in [-0.25, -0.2) is 4.79 Å². The molecule has 0 bridgehead atoms. The van der Waals surface area contributed by atoms with E-state index in [9.17, 15) is 4.79 Å². The van der Waals surface area contributed by atoms with Crippen LogP contribution in [0.3, 0.4) is 0 Å². The molecular weight excluding hydrogens is 299 g/mol. The molecule has 0 aliphatic rings. The number of rotatable bonds is 4. The Kier molecular flexibility index (Phi) is 5.09. The van der Waals surface area contributed by atoms with Crippen LogP contribution in [-0.4, -0.2) is 12.8 Å². The van der Waals surface area contributed by atoms with Crippen LogP contribution in [0.25, 0.3) is 0 Å². The van der Waals surface area contributed by atoms with Crippen molar-refractivity contribution in [3.8, 4) is 5.75 Å². The van der Waals surface area contributed by atoms with Crippen LogP contribution in [0, 0.1) is 0 Å². The molecule has 6 heteroatoms. The van der Waals surface area contributed by atoms with E-state index in [1.165, 1.54) is 0 Å². The number of nitrogens with one attached hydrogen (secondary N) is 2. The van der Waals surface area contributed by atoms with E-state index in [2.05, 4.69) is 10.6 Å². The van der Waals surface area contributed by atoms with E-state index >= 15 is 0 Å². The van der Waals surface area contributed by atoms with Gasteiger partial charge >= 0.3 is 6.03 Å². The number of carbonyl (C=O) groups excluding carboxylic acids is 1. The third-order valence-corrected chi connectivity index (χ3v) is 2.99. The van der Waals surface area contributed by atoms with E-state index in [4.69, 9.17) is 27.9 Å². The topological polar surface area (TPSA) is 50.4 Å². The number of carbonyl (C=O) groups is 1. The third kappa shape index (κ3) is 4.33. The number of halogens is 2. The molecule has 2 N–H and O–H groups in total. The van der Waals surface area contributed by atoms with E-state index in [1.54, 1.807) is 48.5 Å². The van der Waals surface area contributed by atoms with Crippen LogP contribution in [0.15, 0.2) is 48.5 Å². The van der Waals surface area contributed by atoms with Gasteiger partial charge in [-0.15, -0.1) is 0 Å². The quantitative estimate of drug-likeness (QED) is 0.833. The number of ether oxygens (including phenoxy) is 1. The van der Waals surface area contributed by atoms with Gasteiger partial charge < -0.3 is 15.4 Å². The molecule has 2 amide bonds. The lowest BCUT2D eigenvalue weighted by Gasteiger charge is -2.10. The SMILES string of the molecule is O=C(NCOc1ccc(Cl)cc1)Nc1ccccc1Cl. The zero-order valence-electron chi connectivity index (χ0n) is 10.4. The number of para-hydroxylation sites is 1. The van der Waals surface area contributed by atoms with Gasteiger partial charge in [0, 0.05) is 5.02 Å². The first kappa shape index (κ1) is 14.5. The second-order valence-corrected chi connectivity index (χ2v) is 4.70. The van der Waals surface area contributed by atoms with Crippen molar-refractivity contribution in [2.24, 2.45) is 0 Å². The Hall–Kier alpha value is -1.91. The molecule has 0 spiro atoms. The lowest BCUT2D eigenvalue weighted by Crippen LogP contribution is -2.32. The highest BCUT2D eigenvalue weighted by Gasteiger charge is 2.04. The summed E-state index contributed by atoms with van der Waals surface area (Å²) in [7, 11) is 0. The molecule has 20 heavy (non-hydrogen) atoms. The van der Waals surface area contributed by atoms with Gasteiger partial charge in [0.05, 0.1) is 10.7 Å².